The first-order chi connectivity index (χ1) is 12.0. The molecule has 0 heterocycles. The summed E-state index contributed by atoms with van der Waals surface area (Å²) in [7, 11) is 4.71. The average molecular weight is 408 g/mol. The molecule has 0 bridgehead atoms. The zero-order valence-electron chi connectivity index (χ0n) is 14.8. The van der Waals surface area contributed by atoms with Crippen LogP contribution in [0.5, 0.6) is 17.2 Å². The van der Waals surface area contributed by atoms with Crippen molar-refractivity contribution in [1.82, 2.24) is 0 Å². The molecule has 0 fully saturated rings. The van der Waals surface area contributed by atoms with Crippen molar-refractivity contribution in [2.75, 3.05) is 26.6 Å². The van der Waals surface area contributed by atoms with E-state index in [9.17, 15) is 4.79 Å². The minimum atomic E-state index is -0.0459. The van der Waals surface area contributed by atoms with Gasteiger partial charge in [0.2, 0.25) is 11.7 Å². The number of amides is 1. The van der Waals surface area contributed by atoms with E-state index in [2.05, 4.69) is 21.2 Å². The smallest absolute Gasteiger partial charge is 0.224 e. The van der Waals surface area contributed by atoms with Crippen molar-refractivity contribution in [2.45, 2.75) is 19.8 Å². The number of rotatable bonds is 7. The molecular formula is C19H22BrNO4. The monoisotopic (exact) mass is 407 g/mol. The molecule has 134 valence electrons. The number of hydrogen-bond acceptors (Lipinski definition) is 4. The molecule has 0 spiro atoms. The van der Waals surface area contributed by atoms with Crippen LogP contribution in [0.25, 0.3) is 0 Å². The fraction of sp³-hybridized carbons (Fsp3) is 0.316. The molecular weight excluding hydrogens is 386 g/mol. The van der Waals surface area contributed by atoms with Gasteiger partial charge in [-0.2, -0.15) is 0 Å². The van der Waals surface area contributed by atoms with Crippen molar-refractivity contribution in [3.8, 4) is 17.2 Å². The van der Waals surface area contributed by atoms with Gasteiger partial charge in [-0.25, -0.2) is 0 Å². The van der Waals surface area contributed by atoms with Crippen LogP contribution in [0.2, 0.25) is 0 Å². The Morgan fingerprint density at radius 3 is 2.20 bits per heavy atom. The van der Waals surface area contributed by atoms with Crippen LogP contribution in [0.3, 0.4) is 0 Å². The van der Waals surface area contributed by atoms with Gasteiger partial charge in [0, 0.05) is 16.6 Å². The summed E-state index contributed by atoms with van der Waals surface area (Å²) in [5, 5.41) is 2.91. The Bertz CT molecular complexity index is 736. The number of benzene rings is 2. The zero-order chi connectivity index (χ0) is 18.4. The number of methoxy groups -OCH3 is 3. The Hall–Kier alpha value is -2.21. The normalized spacial score (nSPS) is 10.3. The zero-order valence-corrected chi connectivity index (χ0v) is 16.4. The fourth-order valence-corrected chi connectivity index (χ4v) is 2.73. The van der Waals surface area contributed by atoms with E-state index in [1.807, 2.05) is 37.3 Å². The Labute approximate surface area is 156 Å². The first-order valence-electron chi connectivity index (χ1n) is 7.83. The van der Waals surface area contributed by atoms with E-state index in [1.165, 1.54) is 0 Å². The van der Waals surface area contributed by atoms with E-state index in [0.29, 0.717) is 30.1 Å². The summed E-state index contributed by atoms with van der Waals surface area (Å²) < 4.78 is 17.0. The quantitative estimate of drug-likeness (QED) is 0.740. The van der Waals surface area contributed by atoms with Crippen molar-refractivity contribution < 1.29 is 19.0 Å². The minimum absolute atomic E-state index is 0.0459. The number of carbonyl (C=O) groups excluding carboxylic acids is 1. The number of halogens is 1. The molecule has 0 aliphatic heterocycles. The third-order valence-electron chi connectivity index (χ3n) is 3.81. The van der Waals surface area contributed by atoms with Crippen LogP contribution in [-0.4, -0.2) is 27.2 Å². The second-order valence-electron chi connectivity index (χ2n) is 5.55. The molecule has 0 atom stereocenters. The third kappa shape index (κ3) is 4.89. The van der Waals surface area contributed by atoms with Gasteiger partial charge in [-0.15, -0.1) is 0 Å². The van der Waals surface area contributed by atoms with Crippen molar-refractivity contribution in [3.05, 3.63) is 45.9 Å². The van der Waals surface area contributed by atoms with Gasteiger partial charge in [0.1, 0.15) is 0 Å². The summed E-state index contributed by atoms with van der Waals surface area (Å²) in [6, 6.07) is 9.44. The van der Waals surface area contributed by atoms with Crippen molar-refractivity contribution in [3.63, 3.8) is 0 Å². The van der Waals surface area contributed by atoms with Gasteiger partial charge >= 0.3 is 0 Å². The van der Waals surface area contributed by atoms with Crippen LogP contribution in [0.4, 0.5) is 5.69 Å². The molecule has 0 saturated heterocycles. The SMILES string of the molecule is COc1cc(CCC(=O)Nc2ccc(Br)c(C)c2)cc(OC)c1OC. The molecule has 0 radical (unpaired) electrons. The predicted molar refractivity (Wildman–Crippen MR) is 102 cm³/mol. The van der Waals surface area contributed by atoms with Gasteiger partial charge in [0.05, 0.1) is 21.3 Å². The van der Waals surface area contributed by atoms with Crippen molar-refractivity contribution in [1.29, 1.82) is 0 Å². The maximum Gasteiger partial charge on any atom is 0.224 e. The van der Waals surface area contributed by atoms with Crippen LogP contribution in [-0.2, 0) is 11.2 Å². The summed E-state index contributed by atoms with van der Waals surface area (Å²) in [6.45, 7) is 1.98. The third-order valence-corrected chi connectivity index (χ3v) is 4.70. The number of nitrogens with one attached hydrogen (secondary N) is 1. The fourth-order valence-electron chi connectivity index (χ4n) is 2.48. The minimum Gasteiger partial charge on any atom is -0.493 e. The highest BCUT2D eigenvalue weighted by Crippen LogP contribution is 2.38. The molecule has 1 N–H and O–H groups in total. The Kier molecular flexibility index (Phi) is 6.70. The number of aryl methyl sites for hydroxylation is 2. The first kappa shape index (κ1) is 19.1. The van der Waals surface area contributed by atoms with Gasteiger partial charge in [0.15, 0.2) is 11.5 Å². The average Bonchev–Trinajstić information content (AvgIpc) is 2.62. The number of ether oxygens (including phenoxy) is 3. The maximum absolute atomic E-state index is 12.2. The summed E-state index contributed by atoms with van der Waals surface area (Å²) >= 11 is 3.45. The van der Waals surface area contributed by atoms with Gasteiger partial charge in [-0.05, 0) is 54.8 Å². The van der Waals surface area contributed by atoms with Crippen LogP contribution >= 0.6 is 15.9 Å². The largest absolute Gasteiger partial charge is 0.493 e. The molecule has 2 aromatic carbocycles. The predicted octanol–water partition coefficient (Wildman–Crippen LogP) is 4.35. The first-order valence-corrected chi connectivity index (χ1v) is 8.62. The van der Waals surface area contributed by atoms with E-state index in [0.717, 1.165) is 21.3 Å². The van der Waals surface area contributed by atoms with Gasteiger partial charge in [-0.3, -0.25) is 4.79 Å². The lowest BCUT2D eigenvalue weighted by Gasteiger charge is -2.14. The van der Waals surface area contributed by atoms with Gasteiger partial charge < -0.3 is 19.5 Å². The standard InChI is InChI=1S/C19H22BrNO4/c1-12-9-14(6-7-15(12)20)21-18(22)8-5-13-10-16(23-2)19(25-4)17(11-13)24-3/h6-7,9-11H,5,8H2,1-4H3,(H,21,22). The topological polar surface area (TPSA) is 56.8 Å². The molecule has 0 unspecified atom stereocenters. The van der Waals surface area contributed by atoms with Crippen molar-refractivity contribution >= 4 is 27.5 Å². The lowest BCUT2D eigenvalue weighted by molar-refractivity contribution is -0.116. The Balaban J connectivity index is 2.04. The molecule has 25 heavy (non-hydrogen) atoms. The molecule has 0 aromatic heterocycles. The second kappa shape index (κ2) is 8.76. The highest BCUT2D eigenvalue weighted by Gasteiger charge is 2.14. The van der Waals surface area contributed by atoms with E-state index in [4.69, 9.17) is 14.2 Å². The molecule has 2 rings (SSSR count). The second-order valence-corrected chi connectivity index (χ2v) is 6.40. The molecule has 0 aliphatic carbocycles. The summed E-state index contributed by atoms with van der Waals surface area (Å²) in [5.41, 5.74) is 2.80. The summed E-state index contributed by atoms with van der Waals surface area (Å²) in [4.78, 5) is 12.2. The Morgan fingerprint density at radius 1 is 1.04 bits per heavy atom. The number of anilines is 1. The van der Waals surface area contributed by atoms with E-state index >= 15 is 0 Å². The van der Waals surface area contributed by atoms with E-state index < -0.39 is 0 Å². The lowest BCUT2D eigenvalue weighted by Crippen LogP contribution is -2.12. The van der Waals surface area contributed by atoms with Crippen LogP contribution < -0.4 is 19.5 Å². The van der Waals surface area contributed by atoms with Crippen LogP contribution in [0.1, 0.15) is 17.5 Å². The van der Waals surface area contributed by atoms with Crippen molar-refractivity contribution in [2.24, 2.45) is 0 Å². The molecule has 6 heteroatoms. The van der Waals surface area contributed by atoms with Crippen LogP contribution in [0, 0.1) is 6.92 Å². The molecule has 2 aromatic rings. The summed E-state index contributed by atoms with van der Waals surface area (Å²) in [6.07, 6.45) is 0.922. The lowest BCUT2D eigenvalue weighted by atomic mass is 10.1. The molecule has 0 aliphatic rings. The highest BCUT2D eigenvalue weighted by atomic mass is 79.9. The van der Waals surface area contributed by atoms with E-state index in [1.54, 1.807) is 21.3 Å². The highest BCUT2D eigenvalue weighted by molar-refractivity contribution is 9.10. The molecule has 1 amide bonds. The Morgan fingerprint density at radius 2 is 1.68 bits per heavy atom. The molecule has 0 saturated carbocycles. The number of hydrogen-bond donors (Lipinski definition) is 1. The number of carbonyl (C=O) groups is 1. The van der Waals surface area contributed by atoms with Gasteiger partial charge in [-0.1, -0.05) is 15.9 Å². The molecule has 5 nitrogen and oxygen atoms in total. The maximum atomic E-state index is 12.2. The van der Waals surface area contributed by atoms with Gasteiger partial charge in [0.25, 0.3) is 0 Å². The van der Waals surface area contributed by atoms with E-state index in [-0.39, 0.29) is 5.91 Å². The summed E-state index contributed by atoms with van der Waals surface area (Å²) in [5.74, 6) is 1.67. The van der Waals surface area contributed by atoms with Crippen LogP contribution in [0.15, 0.2) is 34.8 Å².